The summed E-state index contributed by atoms with van der Waals surface area (Å²) in [5, 5.41) is 12.0. The van der Waals surface area contributed by atoms with Gasteiger partial charge in [-0.05, 0) is 60.5 Å². The van der Waals surface area contributed by atoms with Crippen LogP contribution >= 0.6 is 11.6 Å². The van der Waals surface area contributed by atoms with E-state index >= 15 is 0 Å². The monoisotopic (exact) mass is 502 g/mol. The van der Waals surface area contributed by atoms with Crippen molar-refractivity contribution in [1.29, 1.82) is 0 Å². The van der Waals surface area contributed by atoms with Gasteiger partial charge in [-0.25, -0.2) is 9.59 Å². The Morgan fingerprint density at radius 1 is 0.971 bits per heavy atom. The number of rotatable bonds is 5. The topological polar surface area (TPSA) is 96.1 Å². The molecule has 0 aliphatic heterocycles. The Bertz CT molecular complexity index is 1400. The summed E-state index contributed by atoms with van der Waals surface area (Å²) in [7, 11) is 0. The number of aromatic nitrogens is 2. The minimum Gasteiger partial charge on any atom is -0.461 e. The van der Waals surface area contributed by atoms with Crippen LogP contribution in [0.2, 0.25) is 5.02 Å². The zero-order chi connectivity index (χ0) is 25.2. The fourth-order valence-corrected chi connectivity index (χ4v) is 3.64. The smallest absolute Gasteiger partial charge is 0.417 e. The molecule has 7 nitrogen and oxygen atoms in total. The highest BCUT2D eigenvalue weighted by molar-refractivity contribution is 6.31. The lowest BCUT2D eigenvalue weighted by atomic mass is 10.0. The summed E-state index contributed by atoms with van der Waals surface area (Å²) in [4.78, 5) is 24.2. The van der Waals surface area contributed by atoms with Gasteiger partial charge in [0.25, 0.3) is 0 Å². The van der Waals surface area contributed by atoms with Crippen LogP contribution in [0.3, 0.4) is 0 Å². The number of nitrogens with zero attached hydrogens (tertiary/aromatic N) is 1. The second-order valence-corrected chi connectivity index (χ2v) is 7.81. The second kappa shape index (κ2) is 9.67. The lowest BCUT2D eigenvalue weighted by molar-refractivity contribution is -0.137. The van der Waals surface area contributed by atoms with Crippen LogP contribution in [0.4, 0.5) is 29.3 Å². The first-order chi connectivity index (χ1) is 16.7. The van der Waals surface area contributed by atoms with Crippen molar-refractivity contribution in [3.05, 3.63) is 76.9 Å². The lowest BCUT2D eigenvalue weighted by Gasteiger charge is -2.12. The van der Waals surface area contributed by atoms with Crippen molar-refractivity contribution < 1.29 is 27.5 Å². The van der Waals surface area contributed by atoms with E-state index in [1.165, 1.54) is 6.07 Å². The molecule has 0 saturated carbocycles. The molecule has 4 aromatic rings. The van der Waals surface area contributed by atoms with Crippen LogP contribution in [0.25, 0.3) is 22.0 Å². The van der Waals surface area contributed by atoms with Gasteiger partial charge in [-0.3, -0.25) is 5.10 Å². The lowest BCUT2D eigenvalue weighted by Crippen LogP contribution is -2.19. The average molecular weight is 503 g/mol. The maximum Gasteiger partial charge on any atom is 0.417 e. The highest BCUT2D eigenvalue weighted by Gasteiger charge is 2.33. The van der Waals surface area contributed by atoms with E-state index in [9.17, 15) is 22.8 Å². The molecule has 3 N–H and O–H groups in total. The number of fused-ring (bicyclic) bond motifs is 1. The first kappa shape index (κ1) is 24.1. The van der Waals surface area contributed by atoms with Crippen LogP contribution in [-0.2, 0) is 10.9 Å². The number of hydrogen-bond donors (Lipinski definition) is 3. The molecule has 2 amide bonds. The van der Waals surface area contributed by atoms with Gasteiger partial charge in [0, 0.05) is 16.8 Å². The third-order valence-electron chi connectivity index (χ3n) is 5.04. The van der Waals surface area contributed by atoms with Crippen LogP contribution in [0, 0.1) is 0 Å². The Kier molecular flexibility index (Phi) is 6.65. The number of nitrogens with one attached hydrogen (secondary N) is 3. The normalized spacial score (nSPS) is 11.3. The zero-order valence-electron chi connectivity index (χ0n) is 18.2. The summed E-state index contributed by atoms with van der Waals surface area (Å²) in [5.41, 5.74) is 1.89. The number of halogens is 4. The van der Waals surface area contributed by atoms with Crippen LogP contribution < -0.4 is 10.6 Å². The summed E-state index contributed by atoms with van der Waals surface area (Å²) in [6, 6.07) is 14.7. The molecule has 11 heteroatoms. The number of carbonyl (C=O) groups excluding carboxylic acids is 2. The number of H-pyrrole nitrogens is 1. The number of urea groups is 1. The maximum atomic E-state index is 13.0. The number of anilines is 2. The fourth-order valence-electron chi connectivity index (χ4n) is 3.41. The molecule has 1 heterocycles. The molecule has 180 valence electrons. The Hall–Kier alpha value is -4.05. The van der Waals surface area contributed by atoms with Crippen molar-refractivity contribution in [1.82, 2.24) is 10.2 Å². The third-order valence-corrected chi connectivity index (χ3v) is 5.37. The van der Waals surface area contributed by atoms with Gasteiger partial charge in [-0.2, -0.15) is 18.3 Å². The van der Waals surface area contributed by atoms with Crippen LogP contribution in [-0.4, -0.2) is 28.8 Å². The summed E-state index contributed by atoms with van der Waals surface area (Å²) in [6.07, 6.45) is -4.64. The number of aromatic amines is 1. The molecular formula is C24H18ClF3N4O3. The van der Waals surface area contributed by atoms with Crippen LogP contribution in [0.1, 0.15) is 23.0 Å². The first-order valence-corrected chi connectivity index (χ1v) is 10.7. The van der Waals surface area contributed by atoms with Crippen LogP contribution in [0.5, 0.6) is 0 Å². The van der Waals surface area contributed by atoms with Gasteiger partial charge in [0.05, 0.1) is 22.7 Å². The van der Waals surface area contributed by atoms with E-state index in [4.69, 9.17) is 16.3 Å². The van der Waals surface area contributed by atoms with Crippen molar-refractivity contribution >= 4 is 45.9 Å². The quantitative estimate of drug-likeness (QED) is 0.264. The molecule has 0 radical (unpaired) electrons. The maximum absolute atomic E-state index is 13.0. The van der Waals surface area contributed by atoms with Crippen molar-refractivity contribution in [3.8, 4) is 11.1 Å². The van der Waals surface area contributed by atoms with Crippen LogP contribution in [0.15, 0.2) is 60.7 Å². The second-order valence-electron chi connectivity index (χ2n) is 7.40. The summed E-state index contributed by atoms with van der Waals surface area (Å²) in [5.74, 6) is -0.506. The standard InChI is InChI=1S/C24H18ClF3N4O3/c1-2-35-22(33)21-17-9-5-14(11-20(17)31-32-21)13-3-6-15(7-4-13)29-23(34)30-16-8-10-19(25)18(12-16)24(26,27)28/h3-12H,2H2,1H3,(H,31,32)(H2,29,30,34). The van der Waals surface area contributed by atoms with Crippen molar-refractivity contribution in [2.24, 2.45) is 0 Å². The van der Waals surface area contributed by atoms with Crippen molar-refractivity contribution in [3.63, 3.8) is 0 Å². The van der Waals surface area contributed by atoms with E-state index in [1.54, 1.807) is 37.3 Å². The number of amides is 2. The molecule has 0 aliphatic carbocycles. The van der Waals surface area contributed by atoms with E-state index in [2.05, 4.69) is 20.8 Å². The SMILES string of the molecule is CCOC(=O)c1n[nH]c2cc(-c3ccc(NC(=O)Nc4ccc(Cl)c(C(F)(F)F)c4)cc3)ccc12. The molecular weight excluding hydrogens is 485 g/mol. The molecule has 4 rings (SSSR count). The minimum atomic E-state index is -4.64. The van der Waals surface area contributed by atoms with E-state index in [0.717, 1.165) is 23.3 Å². The number of benzene rings is 3. The summed E-state index contributed by atoms with van der Waals surface area (Å²) in [6.45, 7) is 1.96. The first-order valence-electron chi connectivity index (χ1n) is 10.4. The molecule has 1 aromatic heterocycles. The van der Waals surface area contributed by atoms with E-state index in [1.807, 2.05) is 12.1 Å². The van der Waals surface area contributed by atoms with Gasteiger partial charge in [0.1, 0.15) is 0 Å². The minimum absolute atomic E-state index is 0.0501. The fraction of sp³-hybridized carbons (Fsp3) is 0.125. The Labute approximate surface area is 202 Å². The number of alkyl halides is 3. The number of esters is 1. The van der Waals surface area contributed by atoms with Gasteiger partial charge in [-0.1, -0.05) is 29.8 Å². The Morgan fingerprint density at radius 3 is 2.31 bits per heavy atom. The molecule has 0 atom stereocenters. The number of ether oxygens (including phenoxy) is 1. The molecule has 3 aromatic carbocycles. The van der Waals surface area contributed by atoms with E-state index < -0.39 is 28.8 Å². The van der Waals surface area contributed by atoms with Gasteiger partial charge in [-0.15, -0.1) is 0 Å². The predicted molar refractivity (Wildman–Crippen MR) is 127 cm³/mol. The van der Waals surface area contributed by atoms with Gasteiger partial charge in [0.15, 0.2) is 5.69 Å². The third kappa shape index (κ3) is 5.38. The van der Waals surface area contributed by atoms with E-state index in [-0.39, 0.29) is 18.0 Å². The largest absolute Gasteiger partial charge is 0.461 e. The van der Waals surface area contributed by atoms with Gasteiger partial charge in [0.2, 0.25) is 0 Å². The molecule has 0 saturated heterocycles. The van der Waals surface area contributed by atoms with Crippen molar-refractivity contribution in [2.75, 3.05) is 17.2 Å². The van der Waals surface area contributed by atoms with Crippen molar-refractivity contribution in [2.45, 2.75) is 13.1 Å². The molecule has 0 aliphatic rings. The highest BCUT2D eigenvalue weighted by atomic mass is 35.5. The zero-order valence-corrected chi connectivity index (χ0v) is 18.9. The van der Waals surface area contributed by atoms with E-state index in [0.29, 0.717) is 16.6 Å². The number of carbonyl (C=O) groups is 2. The molecule has 0 spiro atoms. The van der Waals surface area contributed by atoms with Gasteiger partial charge < -0.3 is 15.4 Å². The molecule has 0 fully saturated rings. The summed E-state index contributed by atoms with van der Waals surface area (Å²) < 4.78 is 44.0. The molecule has 0 unspecified atom stereocenters. The Balaban J connectivity index is 1.45. The average Bonchev–Trinajstić information content (AvgIpc) is 3.24. The molecule has 35 heavy (non-hydrogen) atoms. The highest BCUT2D eigenvalue weighted by Crippen LogP contribution is 2.36. The summed E-state index contributed by atoms with van der Waals surface area (Å²) >= 11 is 5.60. The van der Waals surface area contributed by atoms with Gasteiger partial charge >= 0.3 is 18.2 Å². The number of hydrogen-bond acceptors (Lipinski definition) is 4. The Morgan fingerprint density at radius 2 is 1.63 bits per heavy atom. The predicted octanol–water partition coefficient (Wildman–Crippen LogP) is 6.72. The molecule has 0 bridgehead atoms.